The third-order valence-electron chi connectivity index (χ3n) is 3.00. The van der Waals surface area contributed by atoms with E-state index in [1.54, 1.807) is 19.1 Å². The van der Waals surface area contributed by atoms with Crippen LogP contribution in [0.15, 0.2) is 29.2 Å². The topological polar surface area (TPSA) is 57.6 Å². The largest absolute Gasteiger partial charge is 0.480 e. The van der Waals surface area contributed by atoms with Crippen molar-refractivity contribution in [2.45, 2.75) is 19.4 Å². The van der Waals surface area contributed by atoms with Crippen LogP contribution in [-0.2, 0) is 9.59 Å². The molecule has 1 aromatic rings. The number of thioether (sulfide) groups is 1. The number of carboxylic acid groups (broad SMARTS) is 1. The fraction of sp³-hybridized carbons (Fsp3) is 0.214. The Kier molecular flexibility index (Phi) is 4.74. The molecule has 0 saturated carbocycles. The smallest absolute Gasteiger partial charge is 0.326 e. The number of aliphatic carboxylic acids is 1. The molecule has 4 nitrogen and oxygen atoms in total. The molecule has 0 spiro atoms. The maximum Gasteiger partial charge on any atom is 0.326 e. The van der Waals surface area contributed by atoms with E-state index in [0.717, 1.165) is 16.7 Å². The Morgan fingerprint density at radius 3 is 2.76 bits per heavy atom. The number of carboxylic acids is 1. The van der Waals surface area contributed by atoms with Gasteiger partial charge in [0.15, 0.2) is 0 Å². The summed E-state index contributed by atoms with van der Waals surface area (Å²) < 4.78 is 13.8. The lowest BCUT2D eigenvalue weighted by Gasteiger charge is -2.21. The number of nitrogens with zero attached hydrogens (tertiary/aromatic N) is 1. The van der Waals surface area contributed by atoms with Crippen molar-refractivity contribution in [1.29, 1.82) is 0 Å². The van der Waals surface area contributed by atoms with E-state index in [1.807, 2.05) is 0 Å². The lowest BCUT2D eigenvalue weighted by atomic mass is 10.1. The molecule has 0 aromatic heterocycles. The number of rotatable bonds is 4. The van der Waals surface area contributed by atoms with Gasteiger partial charge in [0.05, 0.1) is 4.91 Å². The number of benzene rings is 1. The minimum absolute atomic E-state index is 0.178. The number of thiocarbonyl (C=S) groups is 1. The van der Waals surface area contributed by atoms with E-state index in [9.17, 15) is 14.0 Å². The van der Waals surface area contributed by atoms with Gasteiger partial charge < -0.3 is 5.11 Å². The SMILES string of the molecule is CC[C@@H](C(=O)O)N1C(=O)/C(=C/c2ccccc2F)SC1=S. The molecule has 1 fully saturated rings. The summed E-state index contributed by atoms with van der Waals surface area (Å²) in [6.07, 6.45) is 1.64. The van der Waals surface area contributed by atoms with E-state index in [4.69, 9.17) is 17.3 Å². The Bertz CT molecular complexity index is 645. The molecular weight excluding hydrogens is 313 g/mol. The highest BCUT2D eigenvalue weighted by molar-refractivity contribution is 8.26. The minimum atomic E-state index is -1.11. The van der Waals surface area contributed by atoms with Gasteiger partial charge in [-0.1, -0.05) is 49.1 Å². The van der Waals surface area contributed by atoms with E-state index < -0.39 is 23.7 Å². The summed E-state index contributed by atoms with van der Waals surface area (Å²) in [5.74, 6) is -2.06. The molecule has 1 N–H and O–H groups in total. The van der Waals surface area contributed by atoms with Crippen LogP contribution in [0.2, 0.25) is 0 Å². The minimum Gasteiger partial charge on any atom is -0.480 e. The van der Waals surface area contributed by atoms with Crippen LogP contribution in [0.1, 0.15) is 18.9 Å². The van der Waals surface area contributed by atoms with Gasteiger partial charge in [-0.3, -0.25) is 9.69 Å². The van der Waals surface area contributed by atoms with Gasteiger partial charge in [-0.2, -0.15) is 0 Å². The molecule has 1 aliphatic rings. The number of amides is 1. The third-order valence-corrected chi connectivity index (χ3v) is 4.33. The highest BCUT2D eigenvalue weighted by Crippen LogP contribution is 2.34. The van der Waals surface area contributed by atoms with Crippen molar-refractivity contribution >= 4 is 46.3 Å². The number of hydrogen-bond acceptors (Lipinski definition) is 4. The van der Waals surface area contributed by atoms with Crippen LogP contribution in [0.4, 0.5) is 4.39 Å². The number of halogens is 1. The highest BCUT2D eigenvalue weighted by Gasteiger charge is 2.39. The molecule has 110 valence electrons. The first-order valence-electron chi connectivity index (χ1n) is 6.20. The number of hydrogen-bond donors (Lipinski definition) is 1. The lowest BCUT2D eigenvalue weighted by Crippen LogP contribution is -2.43. The summed E-state index contributed by atoms with van der Waals surface area (Å²) in [5, 5.41) is 9.15. The molecule has 1 heterocycles. The molecular formula is C14H12FNO3S2. The molecule has 1 aromatic carbocycles. The van der Waals surface area contributed by atoms with Crippen LogP contribution in [0.25, 0.3) is 6.08 Å². The summed E-state index contributed by atoms with van der Waals surface area (Å²) in [7, 11) is 0. The summed E-state index contributed by atoms with van der Waals surface area (Å²) >= 11 is 6.06. The average molecular weight is 325 g/mol. The first-order chi connectivity index (χ1) is 9.95. The van der Waals surface area contributed by atoms with Gasteiger partial charge in [0.2, 0.25) is 0 Å². The molecule has 2 rings (SSSR count). The first kappa shape index (κ1) is 15.7. The molecule has 1 saturated heterocycles. The Labute approximate surface area is 130 Å². The van der Waals surface area contributed by atoms with E-state index >= 15 is 0 Å². The normalized spacial score (nSPS) is 18.4. The second kappa shape index (κ2) is 6.36. The van der Waals surface area contributed by atoms with Crippen molar-refractivity contribution in [1.82, 2.24) is 4.90 Å². The summed E-state index contributed by atoms with van der Waals surface area (Å²) in [6.45, 7) is 1.66. The van der Waals surface area contributed by atoms with Gasteiger partial charge in [0.25, 0.3) is 5.91 Å². The Morgan fingerprint density at radius 1 is 1.52 bits per heavy atom. The van der Waals surface area contributed by atoms with E-state index in [1.165, 1.54) is 18.2 Å². The maximum atomic E-state index is 13.6. The molecule has 0 unspecified atom stereocenters. The zero-order valence-electron chi connectivity index (χ0n) is 11.1. The Balaban J connectivity index is 2.34. The summed E-state index contributed by atoms with van der Waals surface area (Å²) in [6, 6.07) is 5.04. The predicted molar refractivity (Wildman–Crippen MR) is 83.1 cm³/mol. The van der Waals surface area contributed by atoms with Gasteiger partial charge in [0.1, 0.15) is 16.2 Å². The fourth-order valence-corrected chi connectivity index (χ4v) is 3.30. The molecule has 7 heteroatoms. The molecule has 1 aliphatic heterocycles. The van der Waals surface area contributed by atoms with Crippen LogP contribution in [0.5, 0.6) is 0 Å². The van der Waals surface area contributed by atoms with Crippen molar-refractivity contribution in [2.24, 2.45) is 0 Å². The summed E-state index contributed by atoms with van der Waals surface area (Å²) in [4.78, 5) is 24.8. The monoisotopic (exact) mass is 325 g/mol. The second-order valence-corrected chi connectivity index (χ2v) is 6.01. The predicted octanol–water partition coefficient (Wildman–Crippen LogP) is 2.89. The van der Waals surface area contributed by atoms with Crippen molar-refractivity contribution in [3.63, 3.8) is 0 Å². The van der Waals surface area contributed by atoms with Crippen LogP contribution in [-0.4, -0.2) is 32.2 Å². The van der Waals surface area contributed by atoms with Gasteiger partial charge >= 0.3 is 5.97 Å². The number of carbonyl (C=O) groups excluding carboxylic acids is 1. The van der Waals surface area contributed by atoms with Crippen LogP contribution in [0, 0.1) is 5.82 Å². The molecule has 0 aliphatic carbocycles. The third kappa shape index (κ3) is 3.14. The van der Waals surface area contributed by atoms with Crippen LogP contribution >= 0.6 is 24.0 Å². The van der Waals surface area contributed by atoms with Crippen LogP contribution in [0.3, 0.4) is 0 Å². The quantitative estimate of drug-likeness (QED) is 0.681. The molecule has 1 atom stereocenters. The molecule has 1 amide bonds. The maximum absolute atomic E-state index is 13.6. The van der Waals surface area contributed by atoms with Crippen molar-refractivity contribution in [3.05, 3.63) is 40.6 Å². The Hall–Kier alpha value is -1.73. The van der Waals surface area contributed by atoms with E-state index in [0.29, 0.717) is 0 Å². The van der Waals surface area contributed by atoms with Gasteiger partial charge in [-0.05, 0) is 18.6 Å². The zero-order chi connectivity index (χ0) is 15.6. The van der Waals surface area contributed by atoms with Gasteiger partial charge in [-0.15, -0.1) is 0 Å². The van der Waals surface area contributed by atoms with Crippen molar-refractivity contribution < 1.29 is 19.1 Å². The number of carbonyl (C=O) groups is 2. The first-order valence-corrected chi connectivity index (χ1v) is 7.42. The van der Waals surface area contributed by atoms with Crippen LogP contribution < -0.4 is 0 Å². The Morgan fingerprint density at radius 2 is 2.19 bits per heavy atom. The molecule has 21 heavy (non-hydrogen) atoms. The average Bonchev–Trinajstić information content (AvgIpc) is 2.70. The van der Waals surface area contributed by atoms with E-state index in [2.05, 4.69) is 0 Å². The second-order valence-electron chi connectivity index (χ2n) is 4.34. The van der Waals surface area contributed by atoms with Crippen molar-refractivity contribution in [3.8, 4) is 0 Å². The molecule has 0 bridgehead atoms. The highest BCUT2D eigenvalue weighted by atomic mass is 32.2. The molecule has 0 radical (unpaired) electrons. The standard InChI is InChI=1S/C14H12FNO3S2/c1-2-10(13(18)19)16-12(17)11(21-14(16)20)7-8-5-3-4-6-9(8)15/h3-7,10H,2H2,1H3,(H,18,19)/b11-7-/t10-/m0/s1. The fourth-order valence-electron chi connectivity index (χ4n) is 1.95. The van der Waals surface area contributed by atoms with Gasteiger partial charge in [-0.25, -0.2) is 9.18 Å². The van der Waals surface area contributed by atoms with E-state index in [-0.39, 0.29) is 21.2 Å². The summed E-state index contributed by atoms with van der Waals surface area (Å²) in [5.41, 5.74) is 0.265. The van der Waals surface area contributed by atoms with Crippen molar-refractivity contribution in [2.75, 3.05) is 0 Å². The lowest BCUT2D eigenvalue weighted by molar-refractivity contribution is -0.145. The van der Waals surface area contributed by atoms with Gasteiger partial charge in [0, 0.05) is 5.56 Å². The zero-order valence-corrected chi connectivity index (χ0v) is 12.7.